The number of hydrogen-bond donors (Lipinski definition) is 1. The molecule has 3 fully saturated rings. The van der Waals surface area contributed by atoms with Crippen molar-refractivity contribution < 1.29 is 19.1 Å². The second-order valence-corrected chi connectivity index (χ2v) is 6.73. The topological polar surface area (TPSA) is 78.6 Å². The monoisotopic (exact) mass is 281 g/mol. The summed E-state index contributed by atoms with van der Waals surface area (Å²) in [4.78, 5) is 22.6. The Hall–Kier alpha value is -1.10. The van der Waals surface area contributed by atoms with E-state index in [-0.39, 0.29) is 35.6 Å². The van der Waals surface area contributed by atoms with Crippen LogP contribution in [0.5, 0.6) is 0 Å². The summed E-state index contributed by atoms with van der Waals surface area (Å²) in [7, 11) is 0. The lowest BCUT2D eigenvalue weighted by Crippen LogP contribution is -2.45. The van der Waals surface area contributed by atoms with E-state index < -0.39 is 0 Å². The fourth-order valence-electron chi connectivity index (χ4n) is 4.97. The molecule has 0 aromatic heterocycles. The van der Waals surface area contributed by atoms with Gasteiger partial charge in [0.2, 0.25) is 0 Å². The normalized spacial score (nSPS) is 41.0. The highest BCUT2D eigenvalue weighted by atomic mass is 16.6. The fourth-order valence-corrected chi connectivity index (χ4v) is 4.97. The Morgan fingerprint density at radius 2 is 1.60 bits per heavy atom. The first kappa shape index (κ1) is 13.9. The molecule has 2 bridgehead atoms. The van der Waals surface area contributed by atoms with Gasteiger partial charge in [-0.2, -0.15) is 0 Å². The van der Waals surface area contributed by atoms with Crippen LogP contribution in [0.1, 0.15) is 46.0 Å². The van der Waals surface area contributed by atoms with Crippen molar-refractivity contribution in [3.63, 3.8) is 0 Å². The molecule has 0 unspecified atom stereocenters. The van der Waals surface area contributed by atoms with E-state index in [9.17, 15) is 9.59 Å². The maximum Gasteiger partial charge on any atom is 0.303 e. The van der Waals surface area contributed by atoms with Gasteiger partial charge in [0.1, 0.15) is 12.2 Å². The minimum absolute atomic E-state index is 0.00313. The molecule has 5 atom stereocenters. The summed E-state index contributed by atoms with van der Waals surface area (Å²) in [6.45, 7) is 2.80. The Morgan fingerprint density at radius 3 is 2.00 bits per heavy atom. The van der Waals surface area contributed by atoms with Crippen molar-refractivity contribution in [2.24, 2.45) is 23.0 Å². The van der Waals surface area contributed by atoms with Gasteiger partial charge in [-0.3, -0.25) is 9.59 Å². The molecule has 2 N–H and O–H groups in total. The molecule has 5 nitrogen and oxygen atoms in total. The van der Waals surface area contributed by atoms with Gasteiger partial charge in [-0.05, 0) is 49.4 Å². The molecule has 0 amide bonds. The molecule has 20 heavy (non-hydrogen) atoms. The number of fused-ring (bicyclic) bond motifs is 3. The molecule has 0 aromatic carbocycles. The first-order chi connectivity index (χ1) is 9.42. The highest BCUT2D eigenvalue weighted by molar-refractivity contribution is 5.67. The van der Waals surface area contributed by atoms with Crippen LogP contribution in [0.2, 0.25) is 0 Å². The van der Waals surface area contributed by atoms with Crippen molar-refractivity contribution in [2.45, 2.75) is 64.2 Å². The van der Waals surface area contributed by atoms with Crippen LogP contribution >= 0.6 is 0 Å². The number of hydrogen-bond acceptors (Lipinski definition) is 5. The van der Waals surface area contributed by atoms with E-state index in [2.05, 4.69) is 0 Å². The van der Waals surface area contributed by atoms with Crippen LogP contribution in [0.3, 0.4) is 0 Å². The van der Waals surface area contributed by atoms with Gasteiger partial charge < -0.3 is 15.2 Å². The summed E-state index contributed by atoms with van der Waals surface area (Å²) < 4.78 is 10.8. The van der Waals surface area contributed by atoms with E-state index in [4.69, 9.17) is 15.2 Å². The van der Waals surface area contributed by atoms with Crippen LogP contribution in [-0.2, 0) is 19.1 Å². The zero-order valence-electron chi connectivity index (χ0n) is 12.1. The Bertz CT molecular complexity index is 408. The smallest absolute Gasteiger partial charge is 0.303 e. The molecular weight excluding hydrogens is 258 g/mol. The summed E-state index contributed by atoms with van der Waals surface area (Å²) in [5.74, 6) is 0.553. The van der Waals surface area contributed by atoms with E-state index in [1.165, 1.54) is 33.1 Å². The Kier molecular flexibility index (Phi) is 3.27. The number of nitrogens with two attached hydrogens (primary N) is 1. The molecule has 1 spiro atoms. The quantitative estimate of drug-likeness (QED) is 0.774. The molecule has 0 radical (unpaired) electrons. The number of carbonyl (C=O) groups is 2. The summed E-state index contributed by atoms with van der Waals surface area (Å²) in [6.07, 6.45) is 4.42. The predicted octanol–water partition coefficient (Wildman–Crippen LogP) is 1.39. The zero-order valence-corrected chi connectivity index (χ0v) is 12.1. The molecule has 0 aromatic rings. The van der Waals surface area contributed by atoms with Crippen LogP contribution < -0.4 is 5.73 Å². The van der Waals surface area contributed by atoms with Gasteiger partial charge in [-0.1, -0.05) is 0 Å². The number of rotatable bonds is 2. The molecule has 3 aliphatic rings. The van der Waals surface area contributed by atoms with Crippen LogP contribution in [-0.4, -0.2) is 30.2 Å². The summed E-state index contributed by atoms with van der Waals surface area (Å²) in [5, 5.41) is 0. The van der Waals surface area contributed by atoms with Gasteiger partial charge in [-0.15, -0.1) is 0 Å². The average molecular weight is 281 g/mol. The van der Waals surface area contributed by atoms with Crippen molar-refractivity contribution in [2.75, 3.05) is 0 Å². The molecule has 3 saturated carbocycles. The molecular formula is C15H23NO4. The molecule has 3 rings (SSSR count). The molecule has 5 heteroatoms. The molecule has 0 saturated heterocycles. The third kappa shape index (κ3) is 2.03. The first-order valence-corrected chi connectivity index (χ1v) is 7.52. The Morgan fingerprint density at radius 1 is 1.05 bits per heavy atom. The van der Waals surface area contributed by atoms with Crippen LogP contribution in [0.25, 0.3) is 0 Å². The van der Waals surface area contributed by atoms with Gasteiger partial charge in [0, 0.05) is 19.9 Å². The second-order valence-electron chi connectivity index (χ2n) is 6.73. The minimum Gasteiger partial charge on any atom is -0.459 e. The van der Waals surface area contributed by atoms with Crippen molar-refractivity contribution in [1.29, 1.82) is 0 Å². The van der Waals surface area contributed by atoms with Crippen LogP contribution in [0, 0.1) is 17.3 Å². The van der Waals surface area contributed by atoms with E-state index in [1.54, 1.807) is 0 Å². The second kappa shape index (κ2) is 4.72. The molecule has 0 aliphatic heterocycles. The van der Waals surface area contributed by atoms with Gasteiger partial charge in [0.15, 0.2) is 0 Å². The maximum atomic E-state index is 11.3. The minimum atomic E-state index is -0.332. The number of esters is 2. The van der Waals surface area contributed by atoms with Crippen molar-refractivity contribution >= 4 is 11.9 Å². The lowest BCUT2D eigenvalue weighted by atomic mass is 9.69. The van der Waals surface area contributed by atoms with Crippen molar-refractivity contribution in [3.05, 3.63) is 0 Å². The van der Waals surface area contributed by atoms with Crippen molar-refractivity contribution in [3.8, 4) is 0 Å². The van der Waals surface area contributed by atoms with E-state index in [0.29, 0.717) is 11.8 Å². The van der Waals surface area contributed by atoms with Gasteiger partial charge in [-0.25, -0.2) is 0 Å². The summed E-state index contributed by atoms with van der Waals surface area (Å²) >= 11 is 0. The molecule has 3 aliphatic carbocycles. The highest BCUT2D eigenvalue weighted by Gasteiger charge is 2.62. The molecule has 112 valence electrons. The fraction of sp³-hybridized carbons (Fsp3) is 0.867. The van der Waals surface area contributed by atoms with E-state index >= 15 is 0 Å². The van der Waals surface area contributed by atoms with Crippen LogP contribution in [0.15, 0.2) is 0 Å². The number of carbonyl (C=O) groups excluding carboxylic acids is 2. The van der Waals surface area contributed by atoms with E-state index in [0.717, 1.165) is 12.8 Å². The third-order valence-electron chi connectivity index (χ3n) is 5.67. The molecule has 0 heterocycles. The van der Waals surface area contributed by atoms with Gasteiger partial charge >= 0.3 is 11.9 Å². The Balaban J connectivity index is 1.81. The highest BCUT2D eigenvalue weighted by Crippen LogP contribution is 2.62. The number of ether oxygens (including phenoxy) is 2. The first-order valence-electron chi connectivity index (χ1n) is 7.52. The van der Waals surface area contributed by atoms with Crippen molar-refractivity contribution in [1.82, 2.24) is 0 Å². The summed E-state index contributed by atoms with van der Waals surface area (Å²) in [5.41, 5.74) is 6.47. The predicted molar refractivity (Wildman–Crippen MR) is 71.6 cm³/mol. The third-order valence-corrected chi connectivity index (χ3v) is 5.67. The SMILES string of the molecule is CC(=O)O[C@H]1CC2(C[C@@H]1OC(C)=O)[C@H]1CC[C@H](C1)[C@H]2N. The van der Waals surface area contributed by atoms with Gasteiger partial charge in [0.05, 0.1) is 0 Å². The lowest BCUT2D eigenvalue weighted by Gasteiger charge is -2.39. The summed E-state index contributed by atoms with van der Waals surface area (Å²) in [6, 6.07) is 0.153. The van der Waals surface area contributed by atoms with Gasteiger partial charge in [0.25, 0.3) is 0 Å². The maximum absolute atomic E-state index is 11.3. The lowest BCUT2D eigenvalue weighted by molar-refractivity contribution is -0.162. The Labute approximate surface area is 119 Å². The zero-order chi connectivity index (χ0) is 14.5. The average Bonchev–Trinajstić information content (AvgIpc) is 2.98. The standard InChI is InChI=1S/C15H23NO4/c1-8(17)19-12-6-15(7-13(12)20-9(2)18)11-4-3-10(5-11)14(15)16/h10-14H,3-7,16H2,1-2H3/t10-,11+,12+,13+,14-/m1/s1. The van der Waals surface area contributed by atoms with E-state index in [1.807, 2.05) is 0 Å². The largest absolute Gasteiger partial charge is 0.459 e. The van der Waals surface area contributed by atoms with Crippen LogP contribution in [0.4, 0.5) is 0 Å².